The fourth-order valence-electron chi connectivity index (χ4n) is 2.92. The Morgan fingerprint density at radius 3 is 2.69 bits per heavy atom. The van der Waals surface area contributed by atoms with Gasteiger partial charge in [0.25, 0.3) is 5.91 Å². The summed E-state index contributed by atoms with van der Waals surface area (Å²) in [6.45, 7) is 0.484. The fraction of sp³-hybridized carbons (Fsp3) is 0.300. The summed E-state index contributed by atoms with van der Waals surface area (Å²) in [5, 5.41) is 12.2. The molecule has 168 valence electrons. The van der Waals surface area contributed by atoms with Crippen LogP contribution in [0.5, 0.6) is 5.75 Å². The summed E-state index contributed by atoms with van der Waals surface area (Å²) in [7, 11) is -1.67. The van der Waals surface area contributed by atoms with Crippen LogP contribution in [0.4, 0.5) is 8.78 Å². The normalized spacial score (nSPS) is 15.2. The number of esters is 2. The number of ether oxygens (including phenoxy) is 2. The number of pyridine rings is 1. The van der Waals surface area contributed by atoms with Crippen LogP contribution in [0.15, 0.2) is 42.7 Å². The molecule has 9 nitrogen and oxygen atoms in total. The van der Waals surface area contributed by atoms with Crippen molar-refractivity contribution in [1.82, 2.24) is 10.3 Å². The standard InChI is InChI=1S/C20H19BF2N2O7/c1-2-20(22,23)19(28)25-15-9-12-5-3-7-14(16(12)32-21(15)29)18(27)31-11-30-17(26)13-6-4-8-24-10-13/h3-8,10,15,29H,2,9,11H2,1H3,(H,25,28)/t15-/m0/s1. The summed E-state index contributed by atoms with van der Waals surface area (Å²) >= 11 is 0. The number of para-hydroxylation sites is 1. The number of nitrogens with one attached hydrogen (secondary N) is 1. The summed E-state index contributed by atoms with van der Waals surface area (Å²) in [5.74, 6) is -7.90. The lowest BCUT2D eigenvalue weighted by molar-refractivity contribution is -0.146. The van der Waals surface area contributed by atoms with Gasteiger partial charge in [-0.3, -0.25) is 9.78 Å². The third-order valence-electron chi connectivity index (χ3n) is 4.71. The number of hydrogen-bond donors (Lipinski definition) is 2. The summed E-state index contributed by atoms with van der Waals surface area (Å²) in [6.07, 6.45) is 2.02. The van der Waals surface area contributed by atoms with Crippen molar-refractivity contribution >= 4 is 25.0 Å². The molecule has 0 spiro atoms. The Labute approximate surface area is 181 Å². The minimum absolute atomic E-state index is 0.0173. The first-order valence-electron chi connectivity index (χ1n) is 9.62. The number of halogens is 2. The third-order valence-corrected chi connectivity index (χ3v) is 4.71. The number of carbonyl (C=O) groups is 3. The first kappa shape index (κ1) is 23.1. The van der Waals surface area contributed by atoms with E-state index in [2.05, 4.69) is 10.3 Å². The maximum Gasteiger partial charge on any atom is 0.547 e. The maximum atomic E-state index is 13.5. The van der Waals surface area contributed by atoms with E-state index in [4.69, 9.17) is 14.1 Å². The average Bonchev–Trinajstić information content (AvgIpc) is 2.79. The topological polar surface area (TPSA) is 124 Å². The number of nitrogens with zero attached hydrogens (tertiary/aromatic N) is 1. The number of amides is 1. The van der Waals surface area contributed by atoms with Crippen LogP contribution in [0.1, 0.15) is 39.6 Å². The molecule has 2 aromatic rings. The molecule has 0 saturated carbocycles. The van der Waals surface area contributed by atoms with Gasteiger partial charge in [0.15, 0.2) is 0 Å². The molecule has 12 heteroatoms. The number of alkyl halides is 2. The van der Waals surface area contributed by atoms with E-state index in [0.717, 1.165) is 6.92 Å². The van der Waals surface area contributed by atoms with Crippen molar-refractivity contribution in [2.24, 2.45) is 0 Å². The smallest absolute Gasteiger partial charge is 0.534 e. The molecule has 3 rings (SSSR count). The number of aromatic nitrogens is 1. The Bertz CT molecular complexity index is 1010. The average molecular weight is 448 g/mol. The highest BCUT2D eigenvalue weighted by Gasteiger charge is 2.43. The lowest BCUT2D eigenvalue weighted by Crippen LogP contribution is -2.56. The van der Waals surface area contributed by atoms with E-state index in [0.29, 0.717) is 5.56 Å². The summed E-state index contributed by atoms with van der Waals surface area (Å²) in [6, 6.07) is 7.43. The van der Waals surface area contributed by atoms with Crippen LogP contribution in [0.2, 0.25) is 0 Å². The zero-order valence-corrected chi connectivity index (χ0v) is 16.9. The van der Waals surface area contributed by atoms with E-state index in [1.807, 2.05) is 0 Å². The molecule has 0 unspecified atom stereocenters. The van der Waals surface area contributed by atoms with Crippen LogP contribution in [-0.4, -0.2) is 53.6 Å². The number of rotatable bonds is 7. The Hall–Kier alpha value is -3.54. The van der Waals surface area contributed by atoms with E-state index in [1.165, 1.54) is 30.6 Å². The predicted molar refractivity (Wildman–Crippen MR) is 106 cm³/mol. The van der Waals surface area contributed by atoms with E-state index >= 15 is 0 Å². The van der Waals surface area contributed by atoms with Gasteiger partial charge in [0.1, 0.15) is 11.3 Å². The van der Waals surface area contributed by atoms with Crippen LogP contribution in [0.3, 0.4) is 0 Å². The molecular weight excluding hydrogens is 429 g/mol. The van der Waals surface area contributed by atoms with Gasteiger partial charge in [-0.05, 0) is 30.2 Å². The minimum atomic E-state index is -3.58. The predicted octanol–water partition coefficient (Wildman–Crippen LogP) is 1.54. The highest BCUT2D eigenvalue weighted by molar-refractivity contribution is 6.47. The van der Waals surface area contributed by atoms with Gasteiger partial charge in [0, 0.05) is 18.8 Å². The molecule has 2 N–H and O–H groups in total. The third kappa shape index (κ3) is 5.20. The summed E-state index contributed by atoms with van der Waals surface area (Å²) in [4.78, 5) is 39.8. The van der Waals surface area contributed by atoms with Crippen molar-refractivity contribution in [3.8, 4) is 5.75 Å². The first-order valence-corrected chi connectivity index (χ1v) is 9.62. The molecular formula is C20H19BF2N2O7. The molecule has 2 heterocycles. The number of hydrogen-bond acceptors (Lipinski definition) is 8. The van der Waals surface area contributed by atoms with Crippen molar-refractivity contribution < 1.29 is 42.3 Å². The molecule has 0 saturated heterocycles. The van der Waals surface area contributed by atoms with Crippen LogP contribution in [0, 0.1) is 0 Å². The SMILES string of the molecule is CCC(F)(F)C(=O)N[C@H]1Cc2cccc(C(=O)OCOC(=O)c3cccnc3)c2OB1O. The molecule has 0 fully saturated rings. The van der Waals surface area contributed by atoms with Gasteiger partial charge in [-0.25, -0.2) is 9.59 Å². The molecule has 0 radical (unpaired) electrons. The highest BCUT2D eigenvalue weighted by atomic mass is 19.3. The molecule has 1 aliphatic heterocycles. The van der Waals surface area contributed by atoms with Crippen molar-refractivity contribution in [3.05, 3.63) is 59.4 Å². The highest BCUT2D eigenvalue weighted by Crippen LogP contribution is 2.31. The van der Waals surface area contributed by atoms with Gasteiger partial charge in [-0.15, -0.1) is 0 Å². The van der Waals surface area contributed by atoms with Gasteiger partial charge in [0.05, 0.1) is 11.5 Å². The van der Waals surface area contributed by atoms with Crippen molar-refractivity contribution in [2.75, 3.05) is 6.79 Å². The zero-order chi connectivity index (χ0) is 23.3. The van der Waals surface area contributed by atoms with Crippen LogP contribution in [-0.2, 0) is 20.7 Å². The van der Waals surface area contributed by atoms with Gasteiger partial charge in [0.2, 0.25) is 6.79 Å². The molecule has 1 atom stereocenters. The second kappa shape index (κ2) is 9.73. The van der Waals surface area contributed by atoms with Gasteiger partial charge >= 0.3 is 25.0 Å². The molecule has 1 amide bonds. The van der Waals surface area contributed by atoms with Gasteiger partial charge < -0.3 is 24.5 Å². The van der Waals surface area contributed by atoms with Gasteiger partial charge in [-0.1, -0.05) is 19.1 Å². The van der Waals surface area contributed by atoms with E-state index in [9.17, 15) is 28.2 Å². The first-order chi connectivity index (χ1) is 15.2. The molecule has 1 aliphatic rings. The molecule has 1 aromatic carbocycles. The second-order valence-electron chi connectivity index (χ2n) is 6.87. The number of carbonyl (C=O) groups excluding carboxylic acids is 3. The summed E-state index contributed by atoms with van der Waals surface area (Å²) in [5.41, 5.74) is 0.499. The zero-order valence-electron chi connectivity index (χ0n) is 16.9. The number of benzene rings is 1. The monoisotopic (exact) mass is 448 g/mol. The molecule has 0 aliphatic carbocycles. The van der Waals surface area contributed by atoms with Crippen LogP contribution in [0.25, 0.3) is 0 Å². The second-order valence-corrected chi connectivity index (χ2v) is 6.87. The molecule has 32 heavy (non-hydrogen) atoms. The minimum Gasteiger partial charge on any atom is -0.534 e. The quantitative estimate of drug-likeness (QED) is 0.372. The molecule has 0 bridgehead atoms. The Kier molecular flexibility index (Phi) is 7.03. The van der Waals surface area contributed by atoms with Crippen molar-refractivity contribution in [1.29, 1.82) is 0 Å². The lowest BCUT2D eigenvalue weighted by Gasteiger charge is -2.30. The fourth-order valence-corrected chi connectivity index (χ4v) is 2.92. The number of fused-ring (bicyclic) bond motifs is 1. The van der Waals surface area contributed by atoms with Crippen LogP contribution >= 0.6 is 0 Å². The van der Waals surface area contributed by atoms with E-state index in [-0.39, 0.29) is 23.3 Å². The lowest BCUT2D eigenvalue weighted by atomic mass is 9.72. The van der Waals surface area contributed by atoms with E-state index in [1.54, 1.807) is 12.1 Å². The van der Waals surface area contributed by atoms with Crippen molar-refractivity contribution in [2.45, 2.75) is 31.6 Å². The molecule has 1 aromatic heterocycles. The Balaban J connectivity index is 1.64. The Morgan fingerprint density at radius 1 is 1.25 bits per heavy atom. The maximum absolute atomic E-state index is 13.5. The van der Waals surface area contributed by atoms with Gasteiger partial charge in [-0.2, -0.15) is 8.78 Å². The van der Waals surface area contributed by atoms with Crippen LogP contribution < -0.4 is 9.97 Å². The largest absolute Gasteiger partial charge is 0.547 e. The van der Waals surface area contributed by atoms with E-state index < -0.39 is 50.0 Å². The Morgan fingerprint density at radius 2 is 2.00 bits per heavy atom. The van der Waals surface area contributed by atoms with Crippen molar-refractivity contribution in [3.63, 3.8) is 0 Å². The summed E-state index contributed by atoms with van der Waals surface area (Å²) < 4.78 is 42.2.